The third-order valence-electron chi connectivity index (χ3n) is 4.45. The van der Waals surface area contributed by atoms with E-state index in [2.05, 4.69) is 33.4 Å². The first kappa shape index (κ1) is 16.5. The summed E-state index contributed by atoms with van der Waals surface area (Å²) in [6, 6.07) is 8.34. The molecule has 1 aromatic rings. The molecule has 1 aromatic carbocycles. The predicted octanol–water partition coefficient (Wildman–Crippen LogP) is 1.55. The number of hydrogen-bond donors (Lipinski definition) is 1. The minimum Gasteiger partial charge on any atom is -0.356 e. The number of fused-ring (bicyclic) bond motifs is 1. The Morgan fingerprint density at radius 2 is 1.92 bits per heavy atom. The maximum absolute atomic E-state index is 11.9. The van der Waals surface area contributed by atoms with Gasteiger partial charge in [0.15, 0.2) is 5.96 Å². The Morgan fingerprint density at radius 3 is 2.67 bits per heavy atom. The van der Waals surface area contributed by atoms with Crippen molar-refractivity contribution in [1.82, 2.24) is 10.2 Å². The maximum atomic E-state index is 11.9. The number of imide groups is 1. The SMILES string of the molecule is CCNC(=NCCN1C(=O)CCCC1=O)N1CCc2ccccc21. The zero-order valence-corrected chi connectivity index (χ0v) is 14.1. The number of benzene rings is 1. The molecule has 3 rings (SSSR count). The van der Waals surface area contributed by atoms with Gasteiger partial charge in [-0.15, -0.1) is 0 Å². The van der Waals surface area contributed by atoms with Gasteiger partial charge in [-0.25, -0.2) is 0 Å². The van der Waals surface area contributed by atoms with Crippen LogP contribution in [0.3, 0.4) is 0 Å². The molecule has 2 amide bonds. The van der Waals surface area contributed by atoms with E-state index in [9.17, 15) is 9.59 Å². The van der Waals surface area contributed by atoms with Crippen LogP contribution in [0.15, 0.2) is 29.3 Å². The number of anilines is 1. The van der Waals surface area contributed by atoms with Crippen LogP contribution in [0.1, 0.15) is 31.7 Å². The molecule has 0 radical (unpaired) electrons. The van der Waals surface area contributed by atoms with E-state index in [0.717, 1.165) is 25.5 Å². The minimum absolute atomic E-state index is 0.0713. The number of para-hydroxylation sites is 1. The number of guanidine groups is 1. The molecule has 0 aliphatic carbocycles. The quantitative estimate of drug-likeness (QED) is 0.517. The van der Waals surface area contributed by atoms with Gasteiger partial charge in [0.1, 0.15) is 0 Å². The fourth-order valence-electron chi connectivity index (χ4n) is 3.26. The highest BCUT2D eigenvalue weighted by atomic mass is 16.2. The van der Waals surface area contributed by atoms with Crippen molar-refractivity contribution in [1.29, 1.82) is 0 Å². The molecule has 6 nitrogen and oxygen atoms in total. The molecule has 2 aliphatic rings. The lowest BCUT2D eigenvalue weighted by molar-refractivity contribution is -0.147. The molecule has 128 valence electrons. The highest BCUT2D eigenvalue weighted by Crippen LogP contribution is 2.27. The van der Waals surface area contributed by atoms with E-state index < -0.39 is 0 Å². The molecule has 0 spiro atoms. The first-order valence-electron chi connectivity index (χ1n) is 8.67. The van der Waals surface area contributed by atoms with E-state index >= 15 is 0 Å². The number of carbonyl (C=O) groups excluding carboxylic acids is 2. The van der Waals surface area contributed by atoms with E-state index in [-0.39, 0.29) is 11.8 Å². The summed E-state index contributed by atoms with van der Waals surface area (Å²) < 4.78 is 0. The second-order valence-electron chi connectivity index (χ2n) is 6.06. The lowest BCUT2D eigenvalue weighted by Crippen LogP contribution is -2.43. The number of piperidine rings is 1. The Bertz CT molecular complexity index is 640. The Balaban J connectivity index is 1.69. The molecule has 0 atom stereocenters. The Hall–Kier alpha value is -2.37. The Kier molecular flexibility index (Phi) is 5.13. The molecule has 1 fully saturated rings. The second-order valence-corrected chi connectivity index (χ2v) is 6.06. The third kappa shape index (κ3) is 3.42. The number of rotatable bonds is 4. The van der Waals surface area contributed by atoms with Crippen molar-refractivity contribution >= 4 is 23.5 Å². The summed E-state index contributed by atoms with van der Waals surface area (Å²) in [6.45, 7) is 4.50. The molecule has 2 heterocycles. The fourth-order valence-corrected chi connectivity index (χ4v) is 3.26. The summed E-state index contributed by atoms with van der Waals surface area (Å²) >= 11 is 0. The standard InChI is InChI=1S/C18H24N4O2/c1-2-19-18(21-12-10-14-6-3-4-7-15(14)21)20-11-13-22-16(23)8-5-9-17(22)24/h3-4,6-7H,2,5,8-13H2,1H3,(H,19,20). The van der Waals surface area contributed by atoms with Crippen LogP contribution in [0.5, 0.6) is 0 Å². The average molecular weight is 328 g/mol. The lowest BCUT2D eigenvalue weighted by Gasteiger charge is -2.25. The number of nitrogens with zero attached hydrogens (tertiary/aromatic N) is 3. The molecular weight excluding hydrogens is 304 g/mol. The van der Waals surface area contributed by atoms with E-state index in [1.165, 1.54) is 16.2 Å². The van der Waals surface area contributed by atoms with Crippen molar-refractivity contribution in [3.63, 3.8) is 0 Å². The van der Waals surface area contributed by atoms with E-state index in [1.54, 1.807) is 0 Å². The second kappa shape index (κ2) is 7.47. The number of amides is 2. The van der Waals surface area contributed by atoms with Gasteiger partial charge in [-0.3, -0.25) is 19.5 Å². The molecule has 1 saturated heterocycles. The molecule has 1 N–H and O–H groups in total. The minimum atomic E-state index is -0.0713. The van der Waals surface area contributed by atoms with Gasteiger partial charge in [-0.2, -0.15) is 0 Å². The molecule has 24 heavy (non-hydrogen) atoms. The van der Waals surface area contributed by atoms with E-state index in [1.807, 2.05) is 13.0 Å². The molecule has 2 aliphatic heterocycles. The Labute approximate surface area is 142 Å². The summed E-state index contributed by atoms with van der Waals surface area (Å²) in [6.07, 6.45) is 2.61. The first-order valence-corrected chi connectivity index (χ1v) is 8.67. The van der Waals surface area contributed by atoms with Crippen molar-refractivity contribution in [3.8, 4) is 0 Å². The van der Waals surface area contributed by atoms with E-state index in [0.29, 0.717) is 32.4 Å². The molecule has 0 unspecified atom stereocenters. The van der Waals surface area contributed by atoms with E-state index in [4.69, 9.17) is 0 Å². The van der Waals surface area contributed by atoms with Crippen LogP contribution in [0, 0.1) is 0 Å². The third-order valence-corrected chi connectivity index (χ3v) is 4.45. The number of hydrogen-bond acceptors (Lipinski definition) is 3. The summed E-state index contributed by atoms with van der Waals surface area (Å²) in [5.41, 5.74) is 2.51. The first-order chi connectivity index (χ1) is 11.7. The van der Waals surface area contributed by atoms with Crippen molar-refractivity contribution in [2.45, 2.75) is 32.6 Å². The van der Waals surface area contributed by atoms with Gasteiger partial charge in [0, 0.05) is 38.2 Å². The fraction of sp³-hybridized carbons (Fsp3) is 0.500. The summed E-state index contributed by atoms with van der Waals surface area (Å²) in [7, 11) is 0. The largest absolute Gasteiger partial charge is 0.356 e. The number of carbonyl (C=O) groups is 2. The molecular formula is C18H24N4O2. The smallest absolute Gasteiger partial charge is 0.229 e. The van der Waals surface area contributed by atoms with Gasteiger partial charge in [-0.05, 0) is 31.4 Å². The van der Waals surface area contributed by atoms with Crippen molar-refractivity contribution in [2.24, 2.45) is 4.99 Å². The monoisotopic (exact) mass is 328 g/mol. The van der Waals surface area contributed by atoms with Gasteiger partial charge >= 0.3 is 0 Å². The molecule has 0 aromatic heterocycles. The van der Waals surface area contributed by atoms with Gasteiger partial charge in [0.25, 0.3) is 0 Å². The number of likely N-dealkylation sites (tertiary alicyclic amines) is 1. The molecule has 6 heteroatoms. The summed E-state index contributed by atoms with van der Waals surface area (Å²) in [4.78, 5) is 31.9. The predicted molar refractivity (Wildman–Crippen MR) is 94.0 cm³/mol. The zero-order chi connectivity index (χ0) is 16.9. The topological polar surface area (TPSA) is 65.0 Å². The maximum Gasteiger partial charge on any atom is 0.229 e. The lowest BCUT2D eigenvalue weighted by atomic mass is 10.1. The van der Waals surface area contributed by atoms with Crippen molar-refractivity contribution < 1.29 is 9.59 Å². The van der Waals surface area contributed by atoms with Crippen LogP contribution in [0.25, 0.3) is 0 Å². The van der Waals surface area contributed by atoms with Crippen LogP contribution in [0.4, 0.5) is 5.69 Å². The molecule has 0 bridgehead atoms. The van der Waals surface area contributed by atoms with Crippen LogP contribution >= 0.6 is 0 Å². The summed E-state index contributed by atoms with van der Waals surface area (Å²) in [5, 5.41) is 3.31. The van der Waals surface area contributed by atoms with Crippen LogP contribution in [-0.2, 0) is 16.0 Å². The van der Waals surface area contributed by atoms with Crippen LogP contribution in [-0.4, -0.2) is 48.9 Å². The zero-order valence-electron chi connectivity index (χ0n) is 14.1. The highest BCUT2D eigenvalue weighted by Gasteiger charge is 2.26. The highest BCUT2D eigenvalue weighted by molar-refractivity contribution is 5.98. The van der Waals surface area contributed by atoms with Crippen molar-refractivity contribution in [3.05, 3.63) is 29.8 Å². The van der Waals surface area contributed by atoms with Gasteiger partial charge in [0.05, 0.1) is 6.54 Å². The van der Waals surface area contributed by atoms with Gasteiger partial charge in [0.2, 0.25) is 11.8 Å². The Morgan fingerprint density at radius 1 is 1.17 bits per heavy atom. The van der Waals surface area contributed by atoms with Crippen LogP contribution < -0.4 is 10.2 Å². The van der Waals surface area contributed by atoms with Gasteiger partial charge < -0.3 is 10.2 Å². The molecule has 0 saturated carbocycles. The number of nitrogens with one attached hydrogen (secondary N) is 1. The normalized spacial score (nSPS) is 18.1. The van der Waals surface area contributed by atoms with Crippen molar-refractivity contribution in [2.75, 3.05) is 31.1 Å². The van der Waals surface area contributed by atoms with Gasteiger partial charge in [-0.1, -0.05) is 18.2 Å². The number of aliphatic imine (C=N–C) groups is 1. The summed E-state index contributed by atoms with van der Waals surface area (Å²) in [5.74, 6) is 0.676. The van der Waals surface area contributed by atoms with Crippen LogP contribution in [0.2, 0.25) is 0 Å². The average Bonchev–Trinajstić information content (AvgIpc) is 3.00.